The first-order valence-electron chi connectivity index (χ1n) is 6.12. The average Bonchev–Trinajstić information content (AvgIpc) is 2.63. The van der Waals surface area contributed by atoms with E-state index in [0.717, 1.165) is 30.5 Å². The van der Waals surface area contributed by atoms with Crippen LogP contribution < -0.4 is 4.90 Å². The molecule has 0 saturated carbocycles. The predicted molar refractivity (Wildman–Crippen MR) is 70.8 cm³/mol. The Hall–Kier alpha value is -1.68. The van der Waals surface area contributed by atoms with Crippen LogP contribution in [-0.2, 0) is 22.4 Å². The standard InChI is InChI=1S/C14H18N2O2/c1-15(7-8-17)6-5-11-3-4-13-12(9-11)10-14(18)16(13)2/h3-4,8-9H,5-7,10H2,1-2H3. The molecule has 1 aliphatic heterocycles. The van der Waals surface area contributed by atoms with Crippen LogP contribution in [0.4, 0.5) is 5.69 Å². The van der Waals surface area contributed by atoms with E-state index in [-0.39, 0.29) is 5.91 Å². The Kier molecular flexibility index (Phi) is 3.77. The highest BCUT2D eigenvalue weighted by atomic mass is 16.2. The molecule has 0 fully saturated rings. The molecule has 0 spiro atoms. The van der Waals surface area contributed by atoms with Gasteiger partial charge in [-0.15, -0.1) is 0 Å². The summed E-state index contributed by atoms with van der Waals surface area (Å²) >= 11 is 0. The summed E-state index contributed by atoms with van der Waals surface area (Å²) in [6.45, 7) is 1.31. The number of nitrogens with zero attached hydrogens (tertiary/aromatic N) is 2. The van der Waals surface area contributed by atoms with Crippen LogP contribution in [0.5, 0.6) is 0 Å². The van der Waals surface area contributed by atoms with E-state index >= 15 is 0 Å². The summed E-state index contributed by atoms with van der Waals surface area (Å²) in [4.78, 5) is 25.6. The van der Waals surface area contributed by atoms with Gasteiger partial charge in [0.2, 0.25) is 5.91 Å². The summed E-state index contributed by atoms with van der Waals surface area (Å²) in [5.74, 6) is 0.153. The van der Waals surface area contributed by atoms with E-state index in [4.69, 9.17) is 0 Å². The molecule has 18 heavy (non-hydrogen) atoms. The van der Waals surface area contributed by atoms with E-state index in [9.17, 15) is 9.59 Å². The molecule has 0 bridgehead atoms. The minimum atomic E-state index is 0.153. The fourth-order valence-corrected chi connectivity index (χ4v) is 2.22. The summed E-state index contributed by atoms with van der Waals surface area (Å²) in [7, 11) is 3.74. The van der Waals surface area contributed by atoms with Crippen LogP contribution >= 0.6 is 0 Å². The Balaban J connectivity index is 2.02. The molecule has 2 rings (SSSR count). The number of fused-ring (bicyclic) bond motifs is 1. The lowest BCUT2D eigenvalue weighted by atomic mass is 10.1. The molecule has 0 radical (unpaired) electrons. The van der Waals surface area contributed by atoms with Gasteiger partial charge in [-0.25, -0.2) is 0 Å². The van der Waals surface area contributed by atoms with Crippen molar-refractivity contribution in [1.82, 2.24) is 4.90 Å². The molecule has 0 aromatic heterocycles. The molecule has 0 atom stereocenters. The second kappa shape index (κ2) is 5.31. The lowest BCUT2D eigenvalue weighted by molar-refractivity contribution is -0.117. The number of amides is 1. The van der Waals surface area contributed by atoms with Crippen molar-refractivity contribution in [2.45, 2.75) is 12.8 Å². The van der Waals surface area contributed by atoms with Gasteiger partial charge in [0.05, 0.1) is 13.0 Å². The predicted octanol–water partition coefficient (Wildman–Crippen LogP) is 0.879. The van der Waals surface area contributed by atoms with Crippen LogP contribution in [0.1, 0.15) is 11.1 Å². The lowest BCUT2D eigenvalue weighted by Gasteiger charge is -2.14. The topological polar surface area (TPSA) is 40.6 Å². The summed E-state index contributed by atoms with van der Waals surface area (Å²) in [6.07, 6.45) is 2.32. The minimum absolute atomic E-state index is 0.153. The molecule has 1 amide bonds. The molecular formula is C14H18N2O2. The fraction of sp³-hybridized carbons (Fsp3) is 0.429. The van der Waals surface area contributed by atoms with Gasteiger partial charge in [0, 0.05) is 19.3 Å². The Morgan fingerprint density at radius 1 is 1.44 bits per heavy atom. The zero-order valence-electron chi connectivity index (χ0n) is 10.8. The Morgan fingerprint density at radius 2 is 2.22 bits per heavy atom. The highest BCUT2D eigenvalue weighted by molar-refractivity contribution is 6.00. The van der Waals surface area contributed by atoms with Crippen molar-refractivity contribution in [1.29, 1.82) is 0 Å². The van der Waals surface area contributed by atoms with Crippen molar-refractivity contribution >= 4 is 17.9 Å². The number of anilines is 1. The molecule has 4 nitrogen and oxygen atoms in total. The molecule has 1 heterocycles. The number of rotatable bonds is 5. The molecule has 0 unspecified atom stereocenters. The van der Waals surface area contributed by atoms with Crippen molar-refractivity contribution in [3.8, 4) is 0 Å². The van der Waals surface area contributed by atoms with Crippen LogP contribution in [0.3, 0.4) is 0 Å². The monoisotopic (exact) mass is 246 g/mol. The van der Waals surface area contributed by atoms with Gasteiger partial charge >= 0.3 is 0 Å². The highest BCUT2D eigenvalue weighted by Gasteiger charge is 2.23. The molecule has 0 N–H and O–H groups in total. The van der Waals surface area contributed by atoms with E-state index < -0.39 is 0 Å². The van der Waals surface area contributed by atoms with Crippen molar-refractivity contribution in [3.05, 3.63) is 29.3 Å². The Bertz CT molecular complexity index is 471. The van der Waals surface area contributed by atoms with Crippen molar-refractivity contribution in [2.75, 3.05) is 32.1 Å². The first-order chi connectivity index (χ1) is 8.61. The normalized spacial score (nSPS) is 14.2. The van der Waals surface area contributed by atoms with Gasteiger partial charge in [-0.05, 0) is 30.7 Å². The van der Waals surface area contributed by atoms with Crippen molar-refractivity contribution in [3.63, 3.8) is 0 Å². The number of hydrogen-bond acceptors (Lipinski definition) is 3. The van der Waals surface area contributed by atoms with Crippen LogP contribution in [0.15, 0.2) is 18.2 Å². The number of hydrogen-bond donors (Lipinski definition) is 0. The summed E-state index contributed by atoms with van der Waals surface area (Å²) in [5.41, 5.74) is 3.35. The van der Waals surface area contributed by atoms with Gasteiger partial charge < -0.3 is 9.69 Å². The maximum atomic E-state index is 11.6. The Morgan fingerprint density at radius 3 is 2.94 bits per heavy atom. The van der Waals surface area contributed by atoms with Gasteiger partial charge in [0.15, 0.2) is 0 Å². The molecule has 96 valence electrons. The molecular weight excluding hydrogens is 228 g/mol. The molecule has 0 saturated heterocycles. The SMILES string of the molecule is CN(CC=O)CCc1ccc2c(c1)CC(=O)N2C. The quantitative estimate of drug-likeness (QED) is 0.724. The fourth-order valence-electron chi connectivity index (χ4n) is 2.22. The second-order valence-electron chi connectivity index (χ2n) is 4.77. The van der Waals surface area contributed by atoms with Gasteiger partial charge in [-0.3, -0.25) is 9.69 Å². The van der Waals surface area contributed by atoms with Crippen LogP contribution in [0, 0.1) is 0 Å². The summed E-state index contributed by atoms with van der Waals surface area (Å²) in [5, 5.41) is 0. The minimum Gasteiger partial charge on any atom is -0.315 e. The zero-order chi connectivity index (χ0) is 13.1. The molecule has 4 heteroatoms. The molecule has 1 aliphatic rings. The maximum absolute atomic E-state index is 11.6. The smallest absolute Gasteiger partial charge is 0.231 e. The van der Waals surface area contributed by atoms with Crippen molar-refractivity contribution in [2.24, 2.45) is 0 Å². The molecule has 1 aromatic carbocycles. The lowest BCUT2D eigenvalue weighted by Crippen LogP contribution is -2.23. The van der Waals surface area contributed by atoms with E-state index in [1.54, 1.807) is 4.90 Å². The third-order valence-electron chi connectivity index (χ3n) is 3.39. The van der Waals surface area contributed by atoms with Crippen LogP contribution in [0.25, 0.3) is 0 Å². The first-order valence-corrected chi connectivity index (χ1v) is 6.12. The van der Waals surface area contributed by atoms with E-state index in [0.29, 0.717) is 13.0 Å². The van der Waals surface area contributed by atoms with Gasteiger partial charge in [0.25, 0.3) is 0 Å². The highest BCUT2D eigenvalue weighted by Crippen LogP contribution is 2.28. The zero-order valence-corrected chi connectivity index (χ0v) is 10.8. The molecule has 1 aromatic rings. The third kappa shape index (κ3) is 2.59. The van der Waals surface area contributed by atoms with Gasteiger partial charge in [-0.1, -0.05) is 12.1 Å². The van der Waals surface area contributed by atoms with Crippen LogP contribution in [0.2, 0.25) is 0 Å². The van der Waals surface area contributed by atoms with E-state index in [1.165, 1.54) is 5.56 Å². The largest absolute Gasteiger partial charge is 0.315 e. The number of carbonyl (C=O) groups excluding carboxylic acids is 2. The van der Waals surface area contributed by atoms with Crippen molar-refractivity contribution < 1.29 is 9.59 Å². The van der Waals surface area contributed by atoms with Crippen LogP contribution in [-0.4, -0.2) is 44.3 Å². The first kappa shape index (κ1) is 12.8. The number of aldehydes is 1. The number of benzene rings is 1. The third-order valence-corrected chi connectivity index (χ3v) is 3.39. The summed E-state index contributed by atoms with van der Waals surface area (Å²) in [6, 6.07) is 6.17. The van der Waals surface area contributed by atoms with E-state index in [2.05, 4.69) is 12.1 Å². The Labute approximate surface area is 107 Å². The molecule has 0 aliphatic carbocycles. The van der Waals surface area contributed by atoms with Gasteiger partial charge in [0.1, 0.15) is 6.29 Å². The average molecular weight is 246 g/mol. The number of carbonyl (C=O) groups is 2. The second-order valence-corrected chi connectivity index (χ2v) is 4.77. The summed E-state index contributed by atoms with van der Waals surface area (Å²) < 4.78 is 0. The number of likely N-dealkylation sites (N-methyl/N-ethyl adjacent to an activating group) is 2. The van der Waals surface area contributed by atoms with E-state index in [1.807, 2.05) is 25.1 Å². The van der Waals surface area contributed by atoms with Gasteiger partial charge in [-0.2, -0.15) is 0 Å². The maximum Gasteiger partial charge on any atom is 0.231 e.